The Kier molecular flexibility index (Phi) is 6.88. The van der Waals surface area contributed by atoms with Gasteiger partial charge in [-0.15, -0.1) is 11.8 Å². The van der Waals surface area contributed by atoms with Gasteiger partial charge < -0.3 is 10.1 Å². The SMILES string of the molecule is Cc1ccc(NC(=O)COC(=O)CCSc2ccc(C)cc2)cc1. The van der Waals surface area contributed by atoms with Gasteiger partial charge in [0.2, 0.25) is 0 Å². The van der Waals surface area contributed by atoms with E-state index >= 15 is 0 Å². The second-order valence-corrected chi connectivity index (χ2v) is 6.65. The molecule has 0 aromatic heterocycles. The molecule has 1 amide bonds. The summed E-state index contributed by atoms with van der Waals surface area (Å²) in [6.45, 7) is 3.75. The van der Waals surface area contributed by atoms with Gasteiger partial charge in [-0.05, 0) is 38.1 Å². The highest BCUT2D eigenvalue weighted by molar-refractivity contribution is 7.99. The van der Waals surface area contributed by atoms with Crippen LogP contribution >= 0.6 is 11.8 Å². The first kappa shape index (κ1) is 18.1. The third kappa shape index (κ3) is 6.46. The molecule has 0 aliphatic rings. The van der Waals surface area contributed by atoms with Crippen molar-refractivity contribution in [1.29, 1.82) is 0 Å². The summed E-state index contributed by atoms with van der Waals surface area (Å²) in [5, 5.41) is 2.69. The van der Waals surface area contributed by atoms with Crippen LogP contribution in [0.1, 0.15) is 17.5 Å². The van der Waals surface area contributed by atoms with Gasteiger partial charge in [0.25, 0.3) is 5.91 Å². The number of amides is 1. The molecule has 2 aromatic rings. The molecule has 0 atom stereocenters. The molecular weight excluding hydrogens is 322 g/mol. The molecule has 0 radical (unpaired) electrons. The zero-order valence-electron chi connectivity index (χ0n) is 13.9. The summed E-state index contributed by atoms with van der Waals surface area (Å²) in [7, 11) is 0. The average Bonchev–Trinajstić information content (AvgIpc) is 2.57. The van der Waals surface area contributed by atoms with Gasteiger partial charge in [-0.25, -0.2) is 0 Å². The number of hydrogen-bond donors (Lipinski definition) is 1. The third-order valence-electron chi connectivity index (χ3n) is 3.30. The molecule has 0 aliphatic carbocycles. The quantitative estimate of drug-likeness (QED) is 0.610. The highest BCUT2D eigenvalue weighted by Crippen LogP contribution is 2.19. The first-order valence-corrected chi connectivity index (χ1v) is 8.73. The van der Waals surface area contributed by atoms with Crippen LogP contribution < -0.4 is 5.32 Å². The maximum atomic E-state index is 11.7. The fourth-order valence-corrected chi connectivity index (χ4v) is 2.77. The minimum Gasteiger partial charge on any atom is -0.456 e. The second kappa shape index (κ2) is 9.13. The van der Waals surface area contributed by atoms with E-state index in [1.807, 2.05) is 62.4 Å². The number of benzene rings is 2. The molecule has 4 nitrogen and oxygen atoms in total. The molecule has 1 N–H and O–H groups in total. The molecule has 0 aliphatic heterocycles. The summed E-state index contributed by atoms with van der Waals surface area (Å²) in [5.41, 5.74) is 3.01. The number of anilines is 1. The predicted octanol–water partition coefficient (Wildman–Crippen LogP) is 3.97. The zero-order valence-corrected chi connectivity index (χ0v) is 14.7. The number of aryl methyl sites for hydroxylation is 2. The van der Waals surface area contributed by atoms with Gasteiger partial charge in [0.1, 0.15) is 0 Å². The largest absolute Gasteiger partial charge is 0.456 e. The average molecular weight is 343 g/mol. The molecule has 5 heteroatoms. The summed E-state index contributed by atoms with van der Waals surface area (Å²) in [5.74, 6) is -0.0753. The molecule has 2 rings (SSSR count). The number of carbonyl (C=O) groups is 2. The van der Waals surface area contributed by atoms with E-state index in [0.717, 1.165) is 10.5 Å². The van der Waals surface area contributed by atoms with Crippen molar-refractivity contribution in [2.75, 3.05) is 17.7 Å². The van der Waals surface area contributed by atoms with E-state index in [1.54, 1.807) is 11.8 Å². The van der Waals surface area contributed by atoms with Crippen molar-refractivity contribution >= 4 is 29.3 Å². The predicted molar refractivity (Wildman–Crippen MR) is 97.3 cm³/mol. The van der Waals surface area contributed by atoms with Crippen LogP contribution in [0.3, 0.4) is 0 Å². The lowest BCUT2D eigenvalue weighted by molar-refractivity contribution is -0.146. The Labute approximate surface area is 146 Å². The minimum absolute atomic E-state index is 0.262. The summed E-state index contributed by atoms with van der Waals surface area (Å²) < 4.78 is 4.99. The van der Waals surface area contributed by atoms with E-state index in [-0.39, 0.29) is 24.9 Å². The number of thioether (sulfide) groups is 1. The summed E-state index contributed by atoms with van der Waals surface area (Å²) in [4.78, 5) is 24.5. The van der Waals surface area contributed by atoms with Crippen molar-refractivity contribution in [3.8, 4) is 0 Å². The summed E-state index contributed by atoms with van der Waals surface area (Å²) in [6.07, 6.45) is 0.274. The van der Waals surface area contributed by atoms with E-state index < -0.39 is 0 Å². The van der Waals surface area contributed by atoms with Gasteiger partial charge in [0.05, 0.1) is 6.42 Å². The molecule has 126 valence electrons. The summed E-state index contributed by atoms with van der Waals surface area (Å²) in [6, 6.07) is 15.6. The smallest absolute Gasteiger partial charge is 0.307 e. The Morgan fingerprint density at radius 1 is 0.958 bits per heavy atom. The first-order chi connectivity index (χ1) is 11.5. The lowest BCUT2D eigenvalue weighted by atomic mass is 10.2. The van der Waals surface area contributed by atoms with Crippen LogP contribution in [0.5, 0.6) is 0 Å². The van der Waals surface area contributed by atoms with Gasteiger partial charge >= 0.3 is 5.97 Å². The maximum Gasteiger partial charge on any atom is 0.307 e. The van der Waals surface area contributed by atoms with Gasteiger partial charge in [-0.3, -0.25) is 9.59 Å². The highest BCUT2D eigenvalue weighted by Gasteiger charge is 2.08. The van der Waals surface area contributed by atoms with Crippen LogP contribution in [0, 0.1) is 13.8 Å². The molecule has 0 fully saturated rings. The monoisotopic (exact) mass is 343 g/mol. The van der Waals surface area contributed by atoms with Crippen molar-refractivity contribution < 1.29 is 14.3 Å². The lowest BCUT2D eigenvalue weighted by Crippen LogP contribution is -2.21. The van der Waals surface area contributed by atoms with Crippen molar-refractivity contribution in [3.63, 3.8) is 0 Å². The molecule has 0 spiro atoms. The standard InChI is InChI=1S/C19H21NO3S/c1-14-3-7-16(8-4-14)20-18(21)13-23-19(22)11-12-24-17-9-5-15(2)6-10-17/h3-10H,11-13H2,1-2H3,(H,20,21). The molecule has 24 heavy (non-hydrogen) atoms. The topological polar surface area (TPSA) is 55.4 Å². The summed E-state index contributed by atoms with van der Waals surface area (Å²) >= 11 is 1.59. The van der Waals surface area contributed by atoms with Gasteiger partial charge in [0, 0.05) is 16.3 Å². The number of hydrogen-bond acceptors (Lipinski definition) is 4. The van der Waals surface area contributed by atoms with Crippen molar-refractivity contribution in [2.45, 2.75) is 25.2 Å². The molecule has 2 aromatic carbocycles. The van der Waals surface area contributed by atoms with Crippen molar-refractivity contribution in [1.82, 2.24) is 0 Å². The number of ether oxygens (including phenoxy) is 1. The Bertz CT molecular complexity index is 681. The van der Waals surface area contributed by atoms with Crippen molar-refractivity contribution in [2.24, 2.45) is 0 Å². The van der Waals surface area contributed by atoms with Crippen LogP contribution in [-0.4, -0.2) is 24.2 Å². The maximum absolute atomic E-state index is 11.7. The Morgan fingerprint density at radius 3 is 2.17 bits per heavy atom. The molecule has 0 saturated carbocycles. The van der Waals surface area contributed by atoms with Gasteiger partial charge in [-0.2, -0.15) is 0 Å². The van der Waals surface area contributed by atoms with Crippen LogP contribution in [0.2, 0.25) is 0 Å². The first-order valence-electron chi connectivity index (χ1n) is 7.74. The Hall–Kier alpha value is -2.27. The fraction of sp³-hybridized carbons (Fsp3) is 0.263. The highest BCUT2D eigenvalue weighted by atomic mass is 32.2. The van der Waals surface area contributed by atoms with Gasteiger partial charge in [0.15, 0.2) is 6.61 Å². The van der Waals surface area contributed by atoms with Gasteiger partial charge in [-0.1, -0.05) is 35.4 Å². The Morgan fingerprint density at radius 2 is 1.54 bits per heavy atom. The Balaban J connectivity index is 1.64. The van der Waals surface area contributed by atoms with Crippen LogP contribution in [0.4, 0.5) is 5.69 Å². The number of carbonyl (C=O) groups excluding carboxylic acids is 2. The number of esters is 1. The zero-order chi connectivity index (χ0) is 17.4. The normalized spacial score (nSPS) is 10.2. The second-order valence-electron chi connectivity index (χ2n) is 5.49. The lowest BCUT2D eigenvalue weighted by Gasteiger charge is -2.07. The minimum atomic E-state index is -0.367. The van der Waals surface area contributed by atoms with E-state index in [1.165, 1.54) is 5.56 Å². The van der Waals surface area contributed by atoms with Crippen molar-refractivity contribution in [3.05, 3.63) is 59.7 Å². The number of nitrogens with one attached hydrogen (secondary N) is 1. The van der Waals surface area contributed by atoms with Crippen LogP contribution in [0.25, 0.3) is 0 Å². The fourth-order valence-electron chi connectivity index (χ4n) is 1.94. The molecule has 0 saturated heterocycles. The van der Waals surface area contributed by atoms with Crippen LogP contribution in [-0.2, 0) is 14.3 Å². The molecular formula is C19H21NO3S. The number of rotatable bonds is 7. The molecule has 0 heterocycles. The van der Waals surface area contributed by atoms with E-state index in [9.17, 15) is 9.59 Å². The third-order valence-corrected chi connectivity index (χ3v) is 4.31. The van der Waals surface area contributed by atoms with Crippen LogP contribution in [0.15, 0.2) is 53.4 Å². The van der Waals surface area contributed by atoms with E-state index in [0.29, 0.717) is 11.4 Å². The molecule has 0 bridgehead atoms. The molecule has 0 unspecified atom stereocenters. The van der Waals surface area contributed by atoms with E-state index in [2.05, 4.69) is 5.32 Å². The van der Waals surface area contributed by atoms with E-state index in [4.69, 9.17) is 4.74 Å².